The molecule has 1 unspecified atom stereocenters. The van der Waals surface area contributed by atoms with E-state index < -0.39 is 0 Å². The van der Waals surface area contributed by atoms with Crippen molar-refractivity contribution in [3.8, 4) is 0 Å². The first-order valence-corrected chi connectivity index (χ1v) is 5.93. The van der Waals surface area contributed by atoms with Gasteiger partial charge < -0.3 is 19.7 Å². The quantitative estimate of drug-likeness (QED) is 0.714. The molecule has 1 N–H and O–H groups in total. The van der Waals surface area contributed by atoms with Crippen molar-refractivity contribution in [3.63, 3.8) is 0 Å². The van der Waals surface area contributed by atoms with Gasteiger partial charge in [0, 0.05) is 19.1 Å². The number of carbonyl (C=O) groups excluding carboxylic acids is 2. The predicted octanol–water partition coefficient (Wildman–Crippen LogP) is 0.122. The van der Waals surface area contributed by atoms with Gasteiger partial charge in [0.25, 0.3) is 0 Å². The standard InChI is InChI=1S/C11H18N2O4/c1-16-10(14)6-9-7-13(4-5-17-9)11(15)12-8-2-3-8/h8-9H,2-7H2,1H3,(H,12,15). The first-order valence-electron chi connectivity index (χ1n) is 5.93. The summed E-state index contributed by atoms with van der Waals surface area (Å²) in [6, 6.07) is 0.301. The molecule has 6 heteroatoms. The lowest BCUT2D eigenvalue weighted by Crippen LogP contribution is -2.50. The SMILES string of the molecule is COC(=O)CC1CN(C(=O)NC2CC2)CCO1. The Bertz CT molecular complexity index is 304. The highest BCUT2D eigenvalue weighted by molar-refractivity contribution is 5.75. The fourth-order valence-corrected chi connectivity index (χ4v) is 1.79. The summed E-state index contributed by atoms with van der Waals surface area (Å²) in [4.78, 5) is 24.6. The molecule has 17 heavy (non-hydrogen) atoms. The van der Waals surface area contributed by atoms with Crippen molar-refractivity contribution < 1.29 is 19.1 Å². The molecule has 6 nitrogen and oxygen atoms in total. The van der Waals surface area contributed by atoms with Gasteiger partial charge in [0.15, 0.2) is 0 Å². The molecule has 1 aliphatic carbocycles. The van der Waals surface area contributed by atoms with E-state index in [1.54, 1.807) is 4.90 Å². The number of hydrogen-bond acceptors (Lipinski definition) is 4. The van der Waals surface area contributed by atoms with Crippen LogP contribution in [0.25, 0.3) is 0 Å². The molecule has 0 radical (unpaired) electrons. The molecular formula is C11H18N2O4. The van der Waals surface area contributed by atoms with Gasteiger partial charge in [-0.3, -0.25) is 4.79 Å². The van der Waals surface area contributed by atoms with Crippen molar-refractivity contribution in [1.29, 1.82) is 0 Å². The van der Waals surface area contributed by atoms with Crippen LogP contribution in [0.3, 0.4) is 0 Å². The second-order valence-corrected chi connectivity index (χ2v) is 4.44. The Morgan fingerprint density at radius 3 is 2.88 bits per heavy atom. The van der Waals surface area contributed by atoms with Gasteiger partial charge in [-0.25, -0.2) is 4.79 Å². The zero-order valence-electron chi connectivity index (χ0n) is 9.98. The van der Waals surface area contributed by atoms with E-state index in [1.807, 2.05) is 0 Å². The molecule has 1 saturated carbocycles. The maximum atomic E-state index is 11.8. The van der Waals surface area contributed by atoms with E-state index in [4.69, 9.17) is 4.74 Å². The van der Waals surface area contributed by atoms with Crippen LogP contribution < -0.4 is 5.32 Å². The lowest BCUT2D eigenvalue weighted by Gasteiger charge is -2.32. The number of nitrogens with one attached hydrogen (secondary N) is 1. The van der Waals surface area contributed by atoms with Gasteiger partial charge in [-0.2, -0.15) is 0 Å². The van der Waals surface area contributed by atoms with Crippen LogP contribution in [0.4, 0.5) is 4.79 Å². The summed E-state index contributed by atoms with van der Waals surface area (Å²) in [6.45, 7) is 1.50. The fourth-order valence-electron chi connectivity index (χ4n) is 1.79. The maximum Gasteiger partial charge on any atom is 0.317 e. The molecule has 2 rings (SSSR count). The van der Waals surface area contributed by atoms with Crippen molar-refractivity contribution in [2.45, 2.75) is 31.4 Å². The molecule has 1 saturated heterocycles. The lowest BCUT2D eigenvalue weighted by atomic mass is 10.2. The first kappa shape index (κ1) is 12.2. The second kappa shape index (κ2) is 5.35. The number of esters is 1. The molecule has 0 aromatic carbocycles. The van der Waals surface area contributed by atoms with Gasteiger partial charge >= 0.3 is 12.0 Å². The van der Waals surface area contributed by atoms with E-state index in [0.717, 1.165) is 12.8 Å². The third-order valence-electron chi connectivity index (χ3n) is 2.95. The Morgan fingerprint density at radius 2 is 2.24 bits per heavy atom. The third kappa shape index (κ3) is 3.59. The highest BCUT2D eigenvalue weighted by Crippen LogP contribution is 2.19. The van der Waals surface area contributed by atoms with Gasteiger partial charge in [0.1, 0.15) is 0 Å². The Hall–Kier alpha value is -1.30. The number of carbonyl (C=O) groups is 2. The number of rotatable bonds is 3. The van der Waals surface area contributed by atoms with Crippen LogP contribution >= 0.6 is 0 Å². The van der Waals surface area contributed by atoms with Crippen LogP contribution in [0, 0.1) is 0 Å². The number of nitrogens with zero attached hydrogens (tertiary/aromatic N) is 1. The van der Waals surface area contributed by atoms with Crippen LogP contribution in [0.5, 0.6) is 0 Å². The number of hydrogen-bond donors (Lipinski definition) is 1. The van der Waals surface area contributed by atoms with Crippen LogP contribution in [0.15, 0.2) is 0 Å². The summed E-state index contributed by atoms with van der Waals surface area (Å²) in [7, 11) is 1.35. The Morgan fingerprint density at radius 1 is 1.47 bits per heavy atom. The molecule has 96 valence electrons. The molecule has 0 aromatic heterocycles. The average molecular weight is 242 g/mol. The molecule has 2 fully saturated rings. The first-order chi connectivity index (χ1) is 8.19. The second-order valence-electron chi connectivity index (χ2n) is 4.44. The Labute approximate surface area is 100 Å². The van der Waals surface area contributed by atoms with Crippen molar-refractivity contribution in [2.24, 2.45) is 0 Å². The Balaban J connectivity index is 1.78. The number of amides is 2. The van der Waals surface area contributed by atoms with Gasteiger partial charge in [0.2, 0.25) is 0 Å². The molecule has 1 aliphatic heterocycles. The van der Waals surface area contributed by atoms with Gasteiger partial charge in [-0.1, -0.05) is 0 Å². The topological polar surface area (TPSA) is 67.9 Å². The highest BCUT2D eigenvalue weighted by atomic mass is 16.5. The van der Waals surface area contributed by atoms with Crippen LogP contribution in [0.1, 0.15) is 19.3 Å². The summed E-state index contributed by atoms with van der Waals surface area (Å²) in [5.74, 6) is -0.306. The van der Waals surface area contributed by atoms with Crippen LogP contribution in [0.2, 0.25) is 0 Å². The van der Waals surface area contributed by atoms with Gasteiger partial charge in [-0.05, 0) is 12.8 Å². The minimum atomic E-state index is -0.306. The molecule has 0 aromatic rings. The van der Waals surface area contributed by atoms with Crippen LogP contribution in [-0.2, 0) is 14.3 Å². The summed E-state index contributed by atoms with van der Waals surface area (Å²) in [5.41, 5.74) is 0. The normalized spacial score (nSPS) is 24.3. The zero-order chi connectivity index (χ0) is 12.3. The number of morpholine rings is 1. The maximum absolute atomic E-state index is 11.8. The summed E-state index contributed by atoms with van der Waals surface area (Å²) in [5, 5.41) is 2.93. The van der Waals surface area contributed by atoms with Crippen molar-refractivity contribution in [2.75, 3.05) is 26.8 Å². The largest absolute Gasteiger partial charge is 0.469 e. The fraction of sp³-hybridized carbons (Fsp3) is 0.818. The summed E-state index contributed by atoms with van der Waals surface area (Å²) < 4.78 is 10.0. The van der Waals surface area contributed by atoms with Crippen molar-refractivity contribution >= 4 is 12.0 Å². The van der Waals surface area contributed by atoms with E-state index in [-0.39, 0.29) is 24.5 Å². The van der Waals surface area contributed by atoms with Crippen LogP contribution in [-0.4, -0.2) is 55.9 Å². The van der Waals surface area contributed by atoms with Gasteiger partial charge in [0.05, 0.1) is 26.2 Å². The molecule has 1 atom stereocenters. The molecular weight excluding hydrogens is 224 g/mol. The van der Waals surface area contributed by atoms with E-state index in [0.29, 0.717) is 25.7 Å². The number of urea groups is 1. The minimum Gasteiger partial charge on any atom is -0.469 e. The van der Waals surface area contributed by atoms with Crippen molar-refractivity contribution in [3.05, 3.63) is 0 Å². The molecule has 0 bridgehead atoms. The van der Waals surface area contributed by atoms with E-state index in [9.17, 15) is 9.59 Å². The number of methoxy groups -OCH3 is 1. The third-order valence-corrected chi connectivity index (χ3v) is 2.95. The summed E-state index contributed by atoms with van der Waals surface area (Å²) >= 11 is 0. The monoisotopic (exact) mass is 242 g/mol. The minimum absolute atomic E-state index is 0.0503. The van der Waals surface area contributed by atoms with E-state index >= 15 is 0 Å². The molecule has 1 heterocycles. The molecule has 2 aliphatic rings. The number of ether oxygens (including phenoxy) is 2. The lowest BCUT2D eigenvalue weighted by molar-refractivity contribution is -0.145. The molecule has 2 amide bonds. The predicted molar refractivity (Wildman–Crippen MR) is 59.5 cm³/mol. The van der Waals surface area contributed by atoms with E-state index in [2.05, 4.69) is 10.1 Å². The van der Waals surface area contributed by atoms with Crippen molar-refractivity contribution in [1.82, 2.24) is 10.2 Å². The molecule has 0 spiro atoms. The zero-order valence-corrected chi connectivity index (χ0v) is 9.98. The average Bonchev–Trinajstić information content (AvgIpc) is 3.13. The Kier molecular flexibility index (Phi) is 3.83. The van der Waals surface area contributed by atoms with E-state index in [1.165, 1.54) is 7.11 Å². The smallest absolute Gasteiger partial charge is 0.317 e. The van der Waals surface area contributed by atoms with Gasteiger partial charge in [-0.15, -0.1) is 0 Å². The highest BCUT2D eigenvalue weighted by Gasteiger charge is 2.30. The summed E-state index contributed by atoms with van der Waals surface area (Å²) in [6.07, 6.45) is 2.09.